The number of pyridine rings is 1. The SMILES string of the molecule is O=C(Nc1cccnc1)c1sc2ncnc3c2c1NC(=O)N3c1ccc(F)c(CI)c1. The number of nitrogens with zero attached hydrogens (tertiary/aromatic N) is 4. The van der Waals surface area contributed by atoms with E-state index < -0.39 is 6.03 Å². The van der Waals surface area contributed by atoms with Gasteiger partial charge in [0, 0.05) is 10.6 Å². The Kier molecular flexibility index (Phi) is 4.98. The van der Waals surface area contributed by atoms with Crippen LogP contribution in [0.3, 0.4) is 0 Å². The summed E-state index contributed by atoms with van der Waals surface area (Å²) in [5.41, 5.74) is 1.84. The van der Waals surface area contributed by atoms with Gasteiger partial charge in [0.15, 0.2) is 5.82 Å². The first-order chi connectivity index (χ1) is 15.1. The molecule has 0 atom stereocenters. The molecule has 11 heteroatoms. The number of amides is 3. The molecule has 0 bridgehead atoms. The minimum atomic E-state index is -0.493. The van der Waals surface area contributed by atoms with E-state index in [2.05, 4.69) is 48.2 Å². The van der Waals surface area contributed by atoms with Gasteiger partial charge in [0.2, 0.25) is 0 Å². The number of thiophene rings is 1. The lowest BCUT2D eigenvalue weighted by molar-refractivity contribution is 0.103. The highest BCUT2D eigenvalue weighted by molar-refractivity contribution is 14.1. The Labute approximate surface area is 192 Å². The molecule has 4 heterocycles. The highest BCUT2D eigenvalue weighted by atomic mass is 127. The number of carbonyl (C=O) groups excluding carboxylic acids is 2. The van der Waals surface area contributed by atoms with Crippen LogP contribution in [-0.2, 0) is 4.43 Å². The molecule has 0 aliphatic carbocycles. The maximum atomic E-state index is 14.0. The predicted molar refractivity (Wildman–Crippen MR) is 125 cm³/mol. The molecule has 0 fully saturated rings. The number of urea groups is 1. The number of nitrogens with one attached hydrogen (secondary N) is 2. The quantitative estimate of drug-likeness (QED) is 0.274. The molecule has 0 radical (unpaired) electrons. The second-order valence-electron chi connectivity index (χ2n) is 6.55. The summed E-state index contributed by atoms with van der Waals surface area (Å²) in [5, 5.41) is 6.11. The van der Waals surface area contributed by atoms with Crippen molar-refractivity contribution in [2.75, 3.05) is 15.5 Å². The van der Waals surface area contributed by atoms with Crippen LogP contribution in [0.1, 0.15) is 15.2 Å². The van der Waals surface area contributed by atoms with Crippen molar-refractivity contribution in [2.45, 2.75) is 4.43 Å². The summed E-state index contributed by atoms with van der Waals surface area (Å²) in [6, 6.07) is 7.39. The van der Waals surface area contributed by atoms with Gasteiger partial charge in [-0.25, -0.2) is 24.1 Å². The van der Waals surface area contributed by atoms with E-state index in [1.54, 1.807) is 24.4 Å². The van der Waals surface area contributed by atoms with E-state index in [0.717, 1.165) is 11.3 Å². The van der Waals surface area contributed by atoms with Gasteiger partial charge in [0.25, 0.3) is 5.91 Å². The fraction of sp³-hybridized carbons (Fsp3) is 0.0500. The van der Waals surface area contributed by atoms with E-state index in [1.807, 2.05) is 0 Å². The third kappa shape index (κ3) is 3.39. The highest BCUT2D eigenvalue weighted by Crippen LogP contribution is 2.44. The average Bonchev–Trinajstić information content (AvgIpc) is 3.15. The Morgan fingerprint density at radius 3 is 2.94 bits per heavy atom. The number of anilines is 4. The predicted octanol–water partition coefficient (Wildman–Crippen LogP) is 5.10. The molecule has 1 aliphatic rings. The zero-order chi connectivity index (χ0) is 21.5. The highest BCUT2D eigenvalue weighted by Gasteiger charge is 2.34. The van der Waals surface area contributed by atoms with Gasteiger partial charge in [-0.05, 0) is 35.9 Å². The molecule has 3 aromatic heterocycles. The minimum Gasteiger partial charge on any atom is -0.320 e. The molecule has 0 saturated heterocycles. The molecule has 31 heavy (non-hydrogen) atoms. The number of alkyl halides is 1. The number of carbonyl (C=O) groups is 2. The van der Waals surface area contributed by atoms with E-state index in [0.29, 0.717) is 48.0 Å². The number of benzene rings is 1. The summed E-state index contributed by atoms with van der Waals surface area (Å²) in [6.07, 6.45) is 4.48. The number of halogens is 2. The number of hydrogen-bond donors (Lipinski definition) is 2. The molecule has 0 saturated carbocycles. The lowest BCUT2D eigenvalue weighted by atomic mass is 10.1. The Balaban J connectivity index is 1.61. The molecule has 8 nitrogen and oxygen atoms in total. The average molecular weight is 546 g/mol. The van der Waals surface area contributed by atoms with Crippen LogP contribution in [0, 0.1) is 5.82 Å². The molecule has 154 valence electrons. The van der Waals surface area contributed by atoms with E-state index in [-0.39, 0.29) is 11.7 Å². The van der Waals surface area contributed by atoms with Crippen LogP contribution < -0.4 is 15.5 Å². The summed E-state index contributed by atoms with van der Waals surface area (Å²) < 4.78 is 14.4. The lowest BCUT2D eigenvalue weighted by Crippen LogP contribution is -2.35. The minimum absolute atomic E-state index is 0.306. The van der Waals surface area contributed by atoms with Crippen molar-refractivity contribution in [1.82, 2.24) is 15.0 Å². The molecule has 1 aliphatic heterocycles. The maximum absolute atomic E-state index is 14.0. The fourth-order valence-electron chi connectivity index (χ4n) is 3.29. The second kappa shape index (κ2) is 7.81. The third-order valence-electron chi connectivity index (χ3n) is 4.67. The van der Waals surface area contributed by atoms with Gasteiger partial charge in [0.1, 0.15) is 21.9 Å². The van der Waals surface area contributed by atoms with Gasteiger partial charge in [-0.1, -0.05) is 22.6 Å². The normalized spacial score (nSPS) is 12.7. The van der Waals surface area contributed by atoms with Gasteiger partial charge in [-0.3, -0.25) is 9.78 Å². The molecule has 0 unspecified atom stereocenters. The smallest absolute Gasteiger partial charge is 0.320 e. The molecule has 0 spiro atoms. The van der Waals surface area contributed by atoms with Crippen LogP contribution >= 0.6 is 33.9 Å². The van der Waals surface area contributed by atoms with Crippen molar-refractivity contribution >= 4 is 79.0 Å². The molecule has 2 N–H and O–H groups in total. The lowest BCUT2D eigenvalue weighted by Gasteiger charge is -2.27. The van der Waals surface area contributed by atoms with Crippen LogP contribution in [0.15, 0.2) is 49.1 Å². The van der Waals surface area contributed by atoms with Gasteiger partial charge >= 0.3 is 6.03 Å². The van der Waals surface area contributed by atoms with Crippen LogP contribution in [0.2, 0.25) is 0 Å². The Hall–Kier alpha value is -3.19. The van der Waals surface area contributed by atoms with Crippen molar-refractivity contribution in [3.8, 4) is 0 Å². The van der Waals surface area contributed by atoms with Crippen molar-refractivity contribution in [3.05, 3.63) is 65.3 Å². The molecule has 1 aromatic carbocycles. The zero-order valence-electron chi connectivity index (χ0n) is 15.6. The topological polar surface area (TPSA) is 100 Å². The monoisotopic (exact) mass is 546 g/mol. The van der Waals surface area contributed by atoms with Crippen LogP contribution in [0.25, 0.3) is 10.2 Å². The maximum Gasteiger partial charge on any atom is 0.332 e. The molecule has 4 aromatic rings. The van der Waals surface area contributed by atoms with Gasteiger partial charge in [0.05, 0.1) is 28.6 Å². The van der Waals surface area contributed by atoms with Crippen molar-refractivity contribution < 1.29 is 14.0 Å². The zero-order valence-corrected chi connectivity index (χ0v) is 18.6. The van der Waals surface area contributed by atoms with Crippen molar-refractivity contribution in [1.29, 1.82) is 0 Å². The van der Waals surface area contributed by atoms with Gasteiger partial charge in [-0.15, -0.1) is 11.3 Å². The molecular weight excluding hydrogens is 534 g/mol. The Morgan fingerprint density at radius 2 is 2.16 bits per heavy atom. The third-order valence-corrected chi connectivity index (χ3v) is 6.59. The number of hydrogen-bond acceptors (Lipinski definition) is 6. The van der Waals surface area contributed by atoms with E-state index >= 15 is 0 Å². The Bertz CT molecular complexity index is 1350. The first-order valence-corrected chi connectivity index (χ1v) is 11.4. The largest absolute Gasteiger partial charge is 0.332 e. The fourth-order valence-corrected chi connectivity index (χ4v) is 4.86. The number of rotatable bonds is 4. The summed E-state index contributed by atoms with van der Waals surface area (Å²) >= 11 is 3.22. The first kappa shape index (κ1) is 19.8. The van der Waals surface area contributed by atoms with Crippen LogP contribution in [0.4, 0.5) is 32.1 Å². The van der Waals surface area contributed by atoms with Crippen LogP contribution in [-0.4, -0.2) is 26.9 Å². The van der Waals surface area contributed by atoms with E-state index in [1.165, 1.54) is 29.6 Å². The Morgan fingerprint density at radius 1 is 1.29 bits per heavy atom. The molecule has 5 rings (SSSR count). The summed E-state index contributed by atoms with van der Waals surface area (Å²) in [7, 11) is 0. The van der Waals surface area contributed by atoms with Crippen molar-refractivity contribution in [2.24, 2.45) is 0 Å². The summed E-state index contributed by atoms with van der Waals surface area (Å²) in [4.78, 5) is 40.7. The second-order valence-corrected chi connectivity index (χ2v) is 8.32. The summed E-state index contributed by atoms with van der Waals surface area (Å²) in [6.45, 7) is 0. The standard InChI is InChI=1S/C20H12FIN6O2S/c21-13-4-3-12(6-10(13)7-22)28-17-14-15(27-20(28)30)16(31-19(14)25-9-24-17)18(29)26-11-2-1-5-23-8-11/h1-6,8-9H,7H2,(H,26,29)(H,27,30). The van der Waals surface area contributed by atoms with Crippen molar-refractivity contribution in [3.63, 3.8) is 0 Å². The first-order valence-electron chi connectivity index (χ1n) is 9.01. The van der Waals surface area contributed by atoms with E-state index in [9.17, 15) is 14.0 Å². The summed E-state index contributed by atoms with van der Waals surface area (Å²) in [5.74, 6) is -0.389. The molecule has 3 amide bonds. The van der Waals surface area contributed by atoms with E-state index in [4.69, 9.17) is 0 Å². The number of aromatic nitrogens is 3. The van der Waals surface area contributed by atoms with Gasteiger partial charge < -0.3 is 10.6 Å². The van der Waals surface area contributed by atoms with Crippen LogP contribution in [0.5, 0.6) is 0 Å². The van der Waals surface area contributed by atoms with Gasteiger partial charge in [-0.2, -0.15) is 0 Å². The molecular formula is C20H12FIN6O2S.